The number of hydrogen-bond acceptors (Lipinski definition) is 6. The van der Waals surface area contributed by atoms with Crippen LogP contribution in [-0.4, -0.2) is 25.7 Å². The van der Waals surface area contributed by atoms with E-state index in [-0.39, 0.29) is 24.7 Å². The highest BCUT2D eigenvalue weighted by molar-refractivity contribution is 8.16. The molecular formula is C26H28N2O3S. The molecule has 32 heavy (non-hydrogen) atoms. The second-order valence-corrected chi connectivity index (χ2v) is 9.05. The first-order valence-electron chi connectivity index (χ1n) is 10.5. The second-order valence-electron chi connectivity index (χ2n) is 7.86. The Morgan fingerprint density at radius 2 is 2.06 bits per heavy atom. The summed E-state index contributed by atoms with van der Waals surface area (Å²) in [5.41, 5.74) is 4.90. The van der Waals surface area contributed by atoms with Gasteiger partial charge in [0.05, 0.1) is 25.3 Å². The summed E-state index contributed by atoms with van der Waals surface area (Å²) in [4.78, 5) is 13.2. The van der Waals surface area contributed by atoms with Crippen molar-refractivity contribution in [1.82, 2.24) is 5.32 Å². The third-order valence-corrected chi connectivity index (χ3v) is 6.27. The topological polar surface area (TPSA) is 71.3 Å². The molecule has 2 aromatic carbocycles. The highest BCUT2D eigenvalue weighted by Gasteiger charge is 2.25. The van der Waals surface area contributed by atoms with Crippen LogP contribution < -0.4 is 10.1 Å². The lowest BCUT2D eigenvalue weighted by Crippen LogP contribution is -2.27. The van der Waals surface area contributed by atoms with Crippen molar-refractivity contribution in [2.75, 3.05) is 13.7 Å². The van der Waals surface area contributed by atoms with Crippen molar-refractivity contribution in [3.63, 3.8) is 0 Å². The Hall–Kier alpha value is -3.01. The molecule has 0 aliphatic heterocycles. The molecule has 5 nitrogen and oxygen atoms in total. The molecule has 1 aliphatic rings. The van der Waals surface area contributed by atoms with E-state index in [9.17, 15) is 10.1 Å². The van der Waals surface area contributed by atoms with Gasteiger partial charge >= 0.3 is 5.97 Å². The van der Waals surface area contributed by atoms with E-state index >= 15 is 0 Å². The van der Waals surface area contributed by atoms with Gasteiger partial charge < -0.3 is 14.8 Å². The van der Waals surface area contributed by atoms with Crippen LogP contribution in [0.25, 0.3) is 9.81 Å². The summed E-state index contributed by atoms with van der Waals surface area (Å²) >= 11 is 1.50. The number of rotatable bonds is 9. The molecule has 0 amide bonds. The number of methoxy groups -OCH3 is 1. The van der Waals surface area contributed by atoms with E-state index in [1.54, 1.807) is 0 Å². The van der Waals surface area contributed by atoms with E-state index in [1.165, 1.54) is 30.0 Å². The van der Waals surface area contributed by atoms with E-state index in [2.05, 4.69) is 36.7 Å². The third-order valence-electron chi connectivity index (χ3n) is 5.32. The Kier molecular flexibility index (Phi) is 7.79. The zero-order valence-electron chi connectivity index (χ0n) is 18.7. The molecule has 0 saturated carbocycles. The van der Waals surface area contributed by atoms with Crippen LogP contribution in [0.1, 0.15) is 54.1 Å². The summed E-state index contributed by atoms with van der Waals surface area (Å²) in [7, 11) is 1.39. The van der Waals surface area contributed by atoms with Crippen LogP contribution in [0.5, 0.6) is 5.75 Å². The smallest absolute Gasteiger partial charge is 0.319 e. The molecular weight excluding hydrogens is 420 g/mol. The lowest BCUT2D eigenvalue weighted by atomic mass is 10.0. The zero-order chi connectivity index (χ0) is 23.3. The highest BCUT2D eigenvalue weighted by atomic mass is 32.2. The van der Waals surface area contributed by atoms with Gasteiger partial charge in [-0.05, 0) is 61.1 Å². The van der Waals surface area contributed by atoms with Gasteiger partial charge in [0.15, 0.2) is 0 Å². The Morgan fingerprint density at radius 3 is 2.75 bits per heavy atom. The first kappa shape index (κ1) is 23.6. The lowest BCUT2D eigenvalue weighted by molar-refractivity contribution is -0.139. The van der Waals surface area contributed by atoms with Crippen molar-refractivity contribution in [2.45, 2.75) is 38.8 Å². The number of ether oxygens (including phenoxy) is 2. The Bertz CT molecular complexity index is 1080. The molecule has 0 spiro atoms. The van der Waals surface area contributed by atoms with Gasteiger partial charge in [-0.25, -0.2) is 0 Å². The van der Waals surface area contributed by atoms with Gasteiger partial charge in [0.2, 0.25) is 0 Å². The average molecular weight is 449 g/mol. The van der Waals surface area contributed by atoms with Gasteiger partial charge in [0.25, 0.3) is 0 Å². The number of nitrogens with one attached hydrogen (secondary N) is 1. The lowest BCUT2D eigenvalue weighted by Gasteiger charge is -2.16. The van der Waals surface area contributed by atoms with Crippen LogP contribution in [0, 0.1) is 11.3 Å². The maximum atomic E-state index is 11.5. The summed E-state index contributed by atoms with van der Waals surface area (Å²) in [6, 6.07) is 14.1. The SMILES string of the molecule is C=C(SC(=C)c1cccc2c1CCC2NCC(=O)OC)c1ccc(OC(C)C)c(C#N)c1. The number of carbonyl (C=O) groups excluding carboxylic acids is 1. The van der Waals surface area contributed by atoms with Crippen molar-refractivity contribution < 1.29 is 14.3 Å². The molecule has 3 rings (SSSR count). The molecule has 1 unspecified atom stereocenters. The van der Waals surface area contributed by atoms with Crippen molar-refractivity contribution in [3.05, 3.63) is 77.4 Å². The monoisotopic (exact) mass is 448 g/mol. The molecule has 0 fully saturated rings. The molecule has 0 radical (unpaired) electrons. The minimum Gasteiger partial charge on any atom is -0.490 e. The van der Waals surface area contributed by atoms with Crippen LogP contribution in [0.2, 0.25) is 0 Å². The third kappa shape index (κ3) is 5.42. The van der Waals surface area contributed by atoms with Gasteiger partial charge in [0.1, 0.15) is 11.8 Å². The summed E-state index contributed by atoms with van der Waals surface area (Å²) < 4.78 is 10.4. The summed E-state index contributed by atoms with van der Waals surface area (Å²) in [6.07, 6.45) is 1.83. The second kappa shape index (κ2) is 10.5. The van der Waals surface area contributed by atoms with E-state index < -0.39 is 0 Å². The maximum Gasteiger partial charge on any atom is 0.319 e. The minimum atomic E-state index is -0.271. The number of thioether (sulfide) groups is 1. The number of nitriles is 1. The molecule has 0 aromatic heterocycles. The zero-order valence-corrected chi connectivity index (χ0v) is 19.6. The quantitative estimate of drug-likeness (QED) is 0.513. The predicted octanol–water partition coefficient (Wildman–Crippen LogP) is 5.47. The van der Waals surface area contributed by atoms with Crippen molar-refractivity contribution in [1.29, 1.82) is 5.26 Å². The number of benzene rings is 2. The van der Waals surface area contributed by atoms with Gasteiger partial charge in [0, 0.05) is 15.9 Å². The molecule has 1 N–H and O–H groups in total. The fourth-order valence-electron chi connectivity index (χ4n) is 3.82. The maximum absolute atomic E-state index is 11.5. The van der Waals surface area contributed by atoms with Crippen molar-refractivity contribution in [2.24, 2.45) is 0 Å². The van der Waals surface area contributed by atoms with Crippen LogP contribution in [0.15, 0.2) is 49.6 Å². The van der Waals surface area contributed by atoms with Gasteiger partial charge in [-0.2, -0.15) is 5.26 Å². The normalized spacial score (nSPS) is 14.5. The summed E-state index contributed by atoms with van der Waals surface area (Å²) in [6.45, 7) is 12.6. The first-order chi connectivity index (χ1) is 15.3. The average Bonchev–Trinajstić information content (AvgIpc) is 3.20. The Morgan fingerprint density at radius 1 is 1.28 bits per heavy atom. The largest absolute Gasteiger partial charge is 0.490 e. The standard InChI is InChI=1S/C26H28N2O3S/c1-16(2)31-25-12-9-19(13-20(25)14-27)17(3)32-18(4)21-7-6-8-23-22(21)10-11-24(23)28-15-26(29)30-5/h6-9,12-13,16,24,28H,3-4,10-11,15H2,1-2,5H3. The van der Waals surface area contributed by atoms with Crippen molar-refractivity contribution in [3.8, 4) is 11.8 Å². The van der Waals surface area contributed by atoms with E-state index in [4.69, 9.17) is 9.47 Å². The van der Waals surface area contributed by atoms with Gasteiger partial charge in [-0.1, -0.05) is 49.2 Å². The van der Waals surface area contributed by atoms with Crippen LogP contribution in [0.4, 0.5) is 0 Å². The van der Waals surface area contributed by atoms with E-state index in [1.807, 2.05) is 38.1 Å². The number of fused-ring (bicyclic) bond motifs is 1. The van der Waals surface area contributed by atoms with Crippen molar-refractivity contribution >= 4 is 27.5 Å². The molecule has 0 heterocycles. The Balaban J connectivity index is 1.74. The predicted molar refractivity (Wildman–Crippen MR) is 130 cm³/mol. The summed E-state index contributed by atoms with van der Waals surface area (Å²) in [5, 5.41) is 12.8. The molecule has 1 aliphatic carbocycles. The molecule has 1 atom stereocenters. The summed E-state index contributed by atoms with van der Waals surface area (Å²) in [5.74, 6) is 0.307. The molecule has 2 aromatic rings. The van der Waals surface area contributed by atoms with Gasteiger partial charge in [-0.15, -0.1) is 0 Å². The highest BCUT2D eigenvalue weighted by Crippen LogP contribution is 2.42. The molecule has 0 saturated heterocycles. The fourth-order valence-corrected chi connectivity index (χ4v) is 4.66. The van der Waals surface area contributed by atoms with E-state index in [0.717, 1.165) is 33.8 Å². The molecule has 0 bridgehead atoms. The number of nitrogens with zero attached hydrogens (tertiary/aromatic N) is 1. The minimum absolute atomic E-state index is 0.00332. The van der Waals surface area contributed by atoms with Crippen LogP contribution >= 0.6 is 11.8 Å². The number of hydrogen-bond donors (Lipinski definition) is 1. The van der Waals surface area contributed by atoms with Crippen LogP contribution in [-0.2, 0) is 16.0 Å². The van der Waals surface area contributed by atoms with Gasteiger partial charge in [-0.3, -0.25) is 4.79 Å². The molecule has 166 valence electrons. The number of esters is 1. The molecule has 6 heteroatoms. The fraction of sp³-hybridized carbons (Fsp3) is 0.308. The van der Waals surface area contributed by atoms with E-state index in [0.29, 0.717) is 11.3 Å². The number of carbonyl (C=O) groups is 1. The Labute approximate surface area is 194 Å². The van der Waals surface area contributed by atoms with Crippen LogP contribution in [0.3, 0.4) is 0 Å². The first-order valence-corrected chi connectivity index (χ1v) is 11.3.